The van der Waals surface area contributed by atoms with Crippen LogP contribution in [0.3, 0.4) is 0 Å². The zero-order valence-electron chi connectivity index (χ0n) is 35.4. The van der Waals surface area contributed by atoms with Crippen LogP contribution in [0.25, 0.3) is 11.1 Å². The first-order chi connectivity index (χ1) is 27.1. The van der Waals surface area contributed by atoms with Gasteiger partial charge < -0.3 is 9.80 Å². The molecular formula is C54H64N2. The Morgan fingerprint density at radius 3 is 1.21 bits per heavy atom. The molecule has 2 heteroatoms. The van der Waals surface area contributed by atoms with Gasteiger partial charge in [-0.1, -0.05) is 151 Å². The van der Waals surface area contributed by atoms with Gasteiger partial charge in [0.2, 0.25) is 0 Å². The third kappa shape index (κ3) is 9.13. The Morgan fingerprint density at radius 2 is 0.804 bits per heavy atom. The molecule has 290 valence electrons. The highest BCUT2D eigenvalue weighted by Gasteiger charge is 2.26. The third-order valence-electron chi connectivity index (χ3n) is 12.3. The van der Waals surface area contributed by atoms with E-state index >= 15 is 0 Å². The fourth-order valence-electron chi connectivity index (χ4n) is 8.53. The van der Waals surface area contributed by atoms with Gasteiger partial charge in [0.15, 0.2) is 0 Å². The van der Waals surface area contributed by atoms with Gasteiger partial charge in [0.1, 0.15) is 0 Å². The largest absolute Gasteiger partial charge is 0.311 e. The summed E-state index contributed by atoms with van der Waals surface area (Å²) in [4.78, 5) is 4.79. The van der Waals surface area contributed by atoms with Crippen molar-refractivity contribution in [1.29, 1.82) is 0 Å². The number of hydrogen-bond acceptors (Lipinski definition) is 2. The van der Waals surface area contributed by atoms with Crippen molar-refractivity contribution in [3.63, 3.8) is 0 Å². The maximum Gasteiger partial charge on any atom is 0.0464 e. The first kappa shape index (κ1) is 40.6. The molecule has 0 radical (unpaired) electrons. The minimum Gasteiger partial charge on any atom is -0.311 e. The lowest BCUT2D eigenvalue weighted by atomic mass is 9.75. The summed E-state index contributed by atoms with van der Waals surface area (Å²) in [6.07, 6.45) is 9.59. The summed E-state index contributed by atoms with van der Waals surface area (Å²) >= 11 is 0. The molecule has 0 spiro atoms. The van der Waals surface area contributed by atoms with E-state index in [2.05, 4.69) is 211 Å². The molecule has 1 unspecified atom stereocenters. The number of benzene rings is 6. The van der Waals surface area contributed by atoms with Crippen molar-refractivity contribution >= 4 is 34.1 Å². The molecule has 0 heterocycles. The van der Waals surface area contributed by atoms with Crippen LogP contribution in [0, 0.1) is 13.8 Å². The highest BCUT2D eigenvalue weighted by molar-refractivity contribution is 5.81. The minimum atomic E-state index is 0.157. The molecule has 0 bridgehead atoms. The van der Waals surface area contributed by atoms with Crippen molar-refractivity contribution < 1.29 is 0 Å². The zero-order chi connectivity index (χ0) is 39.7. The van der Waals surface area contributed by atoms with Crippen LogP contribution in [-0.2, 0) is 10.8 Å². The third-order valence-corrected chi connectivity index (χ3v) is 12.3. The van der Waals surface area contributed by atoms with Crippen LogP contribution in [0.1, 0.15) is 115 Å². The second-order valence-corrected chi connectivity index (χ2v) is 16.6. The maximum atomic E-state index is 2.44. The summed E-state index contributed by atoms with van der Waals surface area (Å²) in [5.74, 6) is 0. The number of aryl methyl sites for hydroxylation is 2. The Labute approximate surface area is 339 Å². The molecule has 6 aromatic rings. The summed E-state index contributed by atoms with van der Waals surface area (Å²) in [6, 6.07) is 54.6. The summed E-state index contributed by atoms with van der Waals surface area (Å²) in [7, 11) is 0. The van der Waals surface area contributed by atoms with Gasteiger partial charge >= 0.3 is 0 Å². The SMILES string of the molecule is CCCCC(C)(CC)c1cccc(N(c2ccc(C)cc2)c2ccc(-c3ccc(N(c4ccc(C)cc4)c4ccc(C(C)(CCC)CCC)cc4)cc3)cc2)c1. The lowest BCUT2D eigenvalue weighted by molar-refractivity contribution is 0.392. The quantitative estimate of drug-likeness (QED) is 0.0919. The van der Waals surface area contributed by atoms with E-state index in [0.29, 0.717) is 0 Å². The predicted octanol–water partition coefficient (Wildman–Crippen LogP) is 16.6. The molecule has 56 heavy (non-hydrogen) atoms. The second-order valence-electron chi connectivity index (χ2n) is 16.6. The van der Waals surface area contributed by atoms with E-state index in [1.807, 2.05) is 0 Å². The van der Waals surface area contributed by atoms with Gasteiger partial charge in [-0.2, -0.15) is 0 Å². The van der Waals surface area contributed by atoms with E-state index in [1.165, 1.54) is 95.4 Å². The Kier molecular flexibility index (Phi) is 13.2. The second kappa shape index (κ2) is 18.2. The zero-order valence-corrected chi connectivity index (χ0v) is 35.4. The van der Waals surface area contributed by atoms with E-state index in [9.17, 15) is 0 Å². The first-order valence-electron chi connectivity index (χ1n) is 21.3. The van der Waals surface area contributed by atoms with Gasteiger partial charge in [-0.05, 0) is 145 Å². The Morgan fingerprint density at radius 1 is 0.393 bits per heavy atom. The number of nitrogens with zero attached hydrogens (tertiary/aromatic N) is 2. The first-order valence-corrected chi connectivity index (χ1v) is 21.3. The monoisotopic (exact) mass is 741 g/mol. The van der Waals surface area contributed by atoms with Gasteiger partial charge in [-0.25, -0.2) is 0 Å². The number of rotatable bonds is 17. The fraction of sp³-hybridized carbons (Fsp3) is 0.333. The lowest BCUT2D eigenvalue weighted by Gasteiger charge is -2.32. The molecular weight excluding hydrogens is 677 g/mol. The predicted molar refractivity (Wildman–Crippen MR) is 245 cm³/mol. The fourth-order valence-corrected chi connectivity index (χ4v) is 8.53. The molecule has 0 saturated carbocycles. The van der Waals surface area contributed by atoms with Gasteiger partial charge in [0.05, 0.1) is 0 Å². The summed E-state index contributed by atoms with van der Waals surface area (Å²) in [5, 5.41) is 0. The summed E-state index contributed by atoms with van der Waals surface area (Å²) in [6.45, 7) is 18.4. The molecule has 0 aliphatic rings. The van der Waals surface area contributed by atoms with Crippen LogP contribution in [0.15, 0.2) is 146 Å². The molecule has 2 nitrogen and oxygen atoms in total. The van der Waals surface area contributed by atoms with Gasteiger partial charge in [0.25, 0.3) is 0 Å². The molecule has 0 amide bonds. The van der Waals surface area contributed by atoms with E-state index in [4.69, 9.17) is 0 Å². The number of anilines is 6. The van der Waals surface area contributed by atoms with Crippen molar-refractivity contribution in [2.24, 2.45) is 0 Å². The van der Waals surface area contributed by atoms with Crippen LogP contribution in [0.2, 0.25) is 0 Å². The topological polar surface area (TPSA) is 6.48 Å². The Balaban J connectivity index is 1.32. The summed E-state index contributed by atoms with van der Waals surface area (Å²) < 4.78 is 0. The number of unbranched alkanes of at least 4 members (excludes halogenated alkanes) is 1. The smallest absolute Gasteiger partial charge is 0.0464 e. The molecule has 1 atom stereocenters. The van der Waals surface area contributed by atoms with Crippen LogP contribution in [-0.4, -0.2) is 0 Å². The lowest BCUT2D eigenvalue weighted by Crippen LogP contribution is -2.21. The molecule has 6 aromatic carbocycles. The highest BCUT2D eigenvalue weighted by atomic mass is 15.1. The van der Waals surface area contributed by atoms with Crippen molar-refractivity contribution in [3.8, 4) is 11.1 Å². The molecule has 0 saturated heterocycles. The van der Waals surface area contributed by atoms with Crippen molar-refractivity contribution in [3.05, 3.63) is 168 Å². The van der Waals surface area contributed by atoms with Crippen LogP contribution >= 0.6 is 0 Å². The van der Waals surface area contributed by atoms with Gasteiger partial charge in [0, 0.05) is 34.1 Å². The highest BCUT2D eigenvalue weighted by Crippen LogP contribution is 2.42. The minimum absolute atomic E-state index is 0.157. The van der Waals surface area contributed by atoms with Crippen LogP contribution in [0.4, 0.5) is 34.1 Å². The normalized spacial score (nSPS) is 12.6. The van der Waals surface area contributed by atoms with Crippen molar-refractivity contribution in [2.75, 3.05) is 9.80 Å². The Hall–Kier alpha value is -5.08. The maximum absolute atomic E-state index is 2.44. The standard InChI is InChI=1S/C54H64N2/c1-9-13-39-53(7,12-4)46-15-14-16-52(40-46)56(48-29-19-42(6)20-30-48)50-33-23-44(24-34-50)43-21-31-49(32-22-43)55(47-27-17-41(5)18-28-47)51-35-25-45(26-36-51)54(8,37-10-2)38-11-3/h14-36,40H,9-13,37-39H2,1-8H3. The molecule has 0 N–H and O–H groups in total. The number of hydrogen-bond donors (Lipinski definition) is 0. The molecule has 6 rings (SSSR count). The Bertz CT molecular complexity index is 2100. The average Bonchev–Trinajstić information content (AvgIpc) is 3.22. The van der Waals surface area contributed by atoms with E-state index in [0.717, 1.165) is 23.5 Å². The van der Waals surface area contributed by atoms with E-state index < -0.39 is 0 Å². The van der Waals surface area contributed by atoms with Crippen LogP contribution < -0.4 is 9.80 Å². The molecule has 0 aromatic heterocycles. The average molecular weight is 741 g/mol. The molecule has 0 aliphatic heterocycles. The van der Waals surface area contributed by atoms with Crippen molar-refractivity contribution in [2.45, 2.75) is 118 Å². The van der Waals surface area contributed by atoms with Crippen LogP contribution in [0.5, 0.6) is 0 Å². The van der Waals surface area contributed by atoms with Gasteiger partial charge in [-0.15, -0.1) is 0 Å². The molecule has 0 fully saturated rings. The van der Waals surface area contributed by atoms with Gasteiger partial charge in [-0.3, -0.25) is 0 Å². The van der Waals surface area contributed by atoms with E-state index in [1.54, 1.807) is 0 Å². The van der Waals surface area contributed by atoms with E-state index in [-0.39, 0.29) is 10.8 Å². The molecule has 0 aliphatic carbocycles. The summed E-state index contributed by atoms with van der Waals surface area (Å²) in [5.41, 5.74) is 15.2. The van der Waals surface area contributed by atoms with Crippen molar-refractivity contribution in [1.82, 2.24) is 0 Å².